The maximum absolute atomic E-state index is 12.1. The number of rotatable bonds is 5. The number of nitrogens with zero attached hydrogens (tertiary/aromatic N) is 3. The zero-order valence-electron chi connectivity index (χ0n) is 12.2. The van der Waals surface area contributed by atoms with Gasteiger partial charge in [0.1, 0.15) is 5.69 Å². The van der Waals surface area contributed by atoms with Gasteiger partial charge >= 0.3 is 0 Å². The quantitative estimate of drug-likeness (QED) is 0.921. The predicted molar refractivity (Wildman–Crippen MR) is 84.0 cm³/mol. The fourth-order valence-electron chi connectivity index (χ4n) is 2.64. The molecule has 0 saturated carbocycles. The summed E-state index contributed by atoms with van der Waals surface area (Å²) in [5, 5.41) is 9.44. The molecule has 0 radical (unpaired) electrons. The van der Waals surface area contributed by atoms with Crippen LogP contribution >= 0.6 is 11.3 Å². The van der Waals surface area contributed by atoms with E-state index in [2.05, 4.69) is 22.3 Å². The number of aromatic nitrogens is 2. The van der Waals surface area contributed by atoms with Crippen LogP contribution < -0.4 is 0 Å². The highest BCUT2D eigenvalue weighted by Gasteiger charge is 2.19. The molecule has 0 atom stereocenters. The topological polar surface area (TPSA) is 52.2 Å². The molecule has 1 aliphatic heterocycles. The van der Waals surface area contributed by atoms with Crippen molar-refractivity contribution in [1.29, 1.82) is 0 Å². The normalized spacial score (nSPS) is 15.0. The first-order chi connectivity index (χ1) is 10.2. The lowest BCUT2D eigenvalue weighted by Gasteiger charge is -2.20. The van der Waals surface area contributed by atoms with Crippen molar-refractivity contribution < 1.29 is 4.79 Å². The van der Waals surface area contributed by atoms with Gasteiger partial charge in [-0.25, -0.2) is 0 Å². The molecule has 1 amide bonds. The summed E-state index contributed by atoms with van der Waals surface area (Å²) in [6.45, 7) is 3.00. The number of aromatic amines is 1. The number of carbonyl (C=O) groups is 1. The van der Waals surface area contributed by atoms with Gasteiger partial charge in [-0.2, -0.15) is 5.10 Å². The molecular formula is C15H20N4OS. The summed E-state index contributed by atoms with van der Waals surface area (Å²) in [5.41, 5.74) is 2.01. The number of hydrogen-bond acceptors (Lipinski definition) is 4. The molecule has 2 aromatic rings. The monoisotopic (exact) mass is 304 g/mol. The first-order valence-electron chi connectivity index (χ1n) is 7.27. The van der Waals surface area contributed by atoms with E-state index in [0.29, 0.717) is 13.1 Å². The van der Waals surface area contributed by atoms with Crippen molar-refractivity contribution in [3.05, 3.63) is 29.3 Å². The van der Waals surface area contributed by atoms with E-state index in [1.807, 2.05) is 28.3 Å². The summed E-state index contributed by atoms with van der Waals surface area (Å²) in [7, 11) is 1.97. The van der Waals surface area contributed by atoms with Gasteiger partial charge in [-0.3, -0.25) is 14.8 Å². The highest BCUT2D eigenvalue weighted by atomic mass is 32.1. The maximum atomic E-state index is 12.1. The van der Waals surface area contributed by atoms with E-state index in [1.165, 1.54) is 0 Å². The molecule has 3 rings (SSSR count). The van der Waals surface area contributed by atoms with Crippen molar-refractivity contribution in [3.8, 4) is 10.6 Å². The summed E-state index contributed by atoms with van der Waals surface area (Å²) >= 11 is 1.68. The van der Waals surface area contributed by atoms with E-state index in [4.69, 9.17) is 0 Å². The van der Waals surface area contributed by atoms with Crippen molar-refractivity contribution in [2.45, 2.75) is 19.4 Å². The van der Waals surface area contributed by atoms with Gasteiger partial charge in [-0.05, 0) is 37.4 Å². The third kappa shape index (κ3) is 3.51. The highest BCUT2D eigenvalue weighted by Crippen LogP contribution is 2.23. The molecule has 0 aromatic carbocycles. The Bertz CT molecular complexity index is 587. The van der Waals surface area contributed by atoms with Gasteiger partial charge in [0.2, 0.25) is 5.91 Å². The highest BCUT2D eigenvalue weighted by molar-refractivity contribution is 7.13. The van der Waals surface area contributed by atoms with Crippen molar-refractivity contribution in [1.82, 2.24) is 20.0 Å². The fourth-order valence-corrected chi connectivity index (χ4v) is 3.32. The fraction of sp³-hybridized carbons (Fsp3) is 0.467. The average molecular weight is 304 g/mol. The molecule has 21 heavy (non-hydrogen) atoms. The molecule has 0 unspecified atom stereocenters. The Morgan fingerprint density at radius 3 is 3.00 bits per heavy atom. The van der Waals surface area contributed by atoms with Crippen LogP contribution in [-0.2, 0) is 11.3 Å². The summed E-state index contributed by atoms with van der Waals surface area (Å²) in [6, 6.07) is 6.14. The SMILES string of the molecule is CN(CC(=O)N1CCCC1)Cc1cc(-c2cccs2)n[nH]1. The second-order valence-electron chi connectivity index (χ2n) is 5.52. The molecule has 3 heterocycles. The van der Waals surface area contributed by atoms with Crippen molar-refractivity contribution in [2.75, 3.05) is 26.7 Å². The standard InChI is InChI=1S/C15H20N4OS/c1-18(11-15(20)19-6-2-3-7-19)10-12-9-13(17-16-12)14-5-4-8-21-14/h4-5,8-9H,2-3,6-7,10-11H2,1H3,(H,16,17). The van der Waals surface area contributed by atoms with Crippen molar-refractivity contribution in [2.24, 2.45) is 0 Å². The largest absolute Gasteiger partial charge is 0.342 e. The molecule has 1 aliphatic rings. The average Bonchev–Trinajstić information content (AvgIpc) is 3.21. The van der Waals surface area contributed by atoms with Gasteiger partial charge in [-0.1, -0.05) is 6.07 Å². The molecule has 1 saturated heterocycles. The first kappa shape index (κ1) is 14.3. The van der Waals surface area contributed by atoms with Crippen LogP contribution in [0.5, 0.6) is 0 Å². The van der Waals surface area contributed by atoms with Crippen LogP contribution in [0.4, 0.5) is 0 Å². The van der Waals surface area contributed by atoms with E-state index < -0.39 is 0 Å². The number of hydrogen-bond donors (Lipinski definition) is 1. The Labute approximate surface area is 128 Å². The lowest BCUT2D eigenvalue weighted by atomic mass is 10.3. The van der Waals surface area contributed by atoms with Crippen LogP contribution in [0.2, 0.25) is 0 Å². The maximum Gasteiger partial charge on any atom is 0.236 e. The molecule has 6 heteroatoms. The van der Waals surface area contributed by atoms with E-state index in [-0.39, 0.29) is 5.91 Å². The number of nitrogens with one attached hydrogen (secondary N) is 1. The Morgan fingerprint density at radius 2 is 2.29 bits per heavy atom. The van der Waals surface area contributed by atoms with Crippen LogP contribution in [0.3, 0.4) is 0 Å². The minimum atomic E-state index is 0.230. The molecule has 0 bridgehead atoms. The van der Waals surface area contributed by atoms with E-state index in [1.54, 1.807) is 11.3 Å². The van der Waals surface area contributed by atoms with Crippen LogP contribution in [0.1, 0.15) is 18.5 Å². The van der Waals surface area contributed by atoms with Crippen molar-refractivity contribution in [3.63, 3.8) is 0 Å². The van der Waals surface area contributed by atoms with E-state index in [0.717, 1.165) is 42.2 Å². The lowest BCUT2D eigenvalue weighted by molar-refractivity contribution is -0.131. The first-order valence-corrected chi connectivity index (χ1v) is 8.15. The molecule has 112 valence electrons. The zero-order valence-corrected chi connectivity index (χ0v) is 13.0. The molecular weight excluding hydrogens is 284 g/mol. The van der Waals surface area contributed by atoms with Gasteiger partial charge in [0.25, 0.3) is 0 Å². The molecule has 2 aromatic heterocycles. The lowest BCUT2D eigenvalue weighted by Crippen LogP contribution is -2.37. The minimum absolute atomic E-state index is 0.230. The Balaban J connectivity index is 1.55. The number of H-pyrrole nitrogens is 1. The third-order valence-electron chi connectivity index (χ3n) is 3.71. The Kier molecular flexibility index (Phi) is 4.36. The van der Waals surface area contributed by atoms with Gasteiger partial charge in [0.05, 0.1) is 11.4 Å². The van der Waals surface area contributed by atoms with Gasteiger partial charge in [0, 0.05) is 25.3 Å². The summed E-state index contributed by atoms with van der Waals surface area (Å²) in [4.78, 5) is 17.3. The van der Waals surface area contributed by atoms with Gasteiger partial charge in [-0.15, -0.1) is 11.3 Å². The van der Waals surface area contributed by atoms with E-state index >= 15 is 0 Å². The van der Waals surface area contributed by atoms with E-state index in [9.17, 15) is 4.79 Å². The molecule has 0 aliphatic carbocycles. The number of thiophene rings is 1. The number of likely N-dealkylation sites (N-methyl/N-ethyl adjacent to an activating group) is 1. The third-order valence-corrected chi connectivity index (χ3v) is 4.60. The summed E-state index contributed by atoms with van der Waals surface area (Å²) in [5.74, 6) is 0.230. The Morgan fingerprint density at radius 1 is 1.48 bits per heavy atom. The molecule has 1 fully saturated rings. The van der Waals surface area contributed by atoms with Crippen LogP contribution in [0.15, 0.2) is 23.6 Å². The second kappa shape index (κ2) is 6.41. The molecule has 5 nitrogen and oxygen atoms in total. The Hall–Kier alpha value is -1.66. The molecule has 1 N–H and O–H groups in total. The van der Waals surface area contributed by atoms with Gasteiger partial charge in [0.15, 0.2) is 0 Å². The predicted octanol–water partition coefficient (Wildman–Crippen LogP) is 2.19. The van der Waals surface area contributed by atoms with Crippen LogP contribution in [0.25, 0.3) is 10.6 Å². The van der Waals surface area contributed by atoms with Crippen molar-refractivity contribution >= 4 is 17.2 Å². The summed E-state index contributed by atoms with van der Waals surface area (Å²) < 4.78 is 0. The van der Waals surface area contributed by atoms with Crippen LogP contribution in [-0.4, -0.2) is 52.6 Å². The number of carbonyl (C=O) groups excluding carboxylic acids is 1. The smallest absolute Gasteiger partial charge is 0.236 e. The molecule has 0 spiro atoms. The minimum Gasteiger partial charge on any atom is -0.342 e. The van der Waals surface area contributed by atoms with Crippen LogP contribution in [0, 0.1) is 0 Å². The number of amides is 1. The van der Waals surface area contributed by atoms with Gasteiger partial charge < -0.3 is 4.90 Å². The summed E-state index contributed by atoms with van der Waals surface area (Å²) in [6.07, 6.45) is 2.28. The number of likely N-dealkylation sites (tertiary alicyclic amines) is 1. The zero-order chi connectivity index (χ0) is 14.7. The second-order valence-corrected chi connectivity index (χ2v) is 6.46.